The zero-order chi connectivity index (χ0) is 12.3. The van der Waals surface area contributed by atoms with Gasteiger partial charge in [0.05, 0.1) is 25.6 Å². The van der Waals surface area contributed by atoms with E-state index in [0.29, 0.717) is 5.82 Å². The number of aromatic nitrogens is 2. The molecule has 2 unspecified atom stereocenters. The van der Waals surface area contributed by atoms with Crippen LogP contribution in [-0.4, -0.2) is 36.3 Å². The molecule has 1 heterocycles. The summed E-state index contributed by atoms with van der Waals surface area (Å²) in [6, 6.07) is 0.184. The van der Waals surface area contributed by atoms with Gasteiger partial charge in [0, 0.05) is 7.11 Å². The number of hydrogen-bond donors (Lipinski definition) is 2. The first-order valence-corrected chi connectivity index (χ1v) is 5.67. The Kier molecular flexibility index (Phi) is 3.63. The monoisotopic (exact) mass is 239 g/mol. The van der Waals surface area contributed by atoms with Gasteiger partial charge in [-0.3, -0.25) is 4.79 Å². The molecule has 17 heavy (non-hydrogen) atoms. The molecular weight excluding hydrogens is 222 g/mol. The minimum absolute atomic E-state index is 0.167. The first-order valence-electron chi connectivity index (χ1n) is 5.67. The Bertz CT molecular complexity index is 432. The number of anilines is 1. The topological polar surface area (TPSA) is 76.2 Å². The Hall–Kier alpha value is -1.56. The lowest BCUT2D eigenvalue weighted by Crippen LogP contribution is -2.31. The van der Waals surface area contributed by atoms with Crippen molar-refractivity contribution in [3.8, 4) is 5.75 Å². The Morgan fingerprint density at radius 3 is 3.00 bits per heavy atom. The summed E-state index contributed by atoms with van der Waals surface area (Å²) in [5.41, 5.74) is -0.281. The molecule has 1 fully saturated rings. The van der Waals surface area contributed by atoms with Crippen molar-refractivity contribution in [2.75, 3.05) is 19.5 Å². The van der Waals surface area contributed by atoms with Crippen LogP contribution in [0.2, 0.25) is 0 Å². The normalized spacial score (nSPS) is 23.6. The van der Waals surface area contributed by atoms with Gasteiger partial charge >= 0.3 is 0 Å². The van der Waals surface area contributed by atoms with E-state index in [0.717, 1.165) is 19.3 Å². The summed E-state index contributed by atoms with van der Waals surface area (Å²) in [5, 5.41) is 3.22. The predicted molar refractivity (Wildman–Crippen MR) is 63.5 cm³/mol. The highest BCUT2D eigenvalue weighted by atomic mass is 16.5. The minimum Gasteiger partial charge on any atom is -0.489 e. The molecule has 1 aromatic rings. The van der Waals surface area contributed by atoms with Crippen LogP contribution >= 0.6 is 0 Å². The van der Waals surface area contributed by atoms with Gasteiger partial charge in [0.2, 0.25) is 5.75 Å². The number of methoxy groups -OCH3 is 2. The molecule has 0 saturated heterocycles. The molecule has 6 nitrogen and oxygen atoms in total. The second-order valence-electron chi connectivity index (χ2n) is 4.07. The van der Waals surface area contributed by atoms with Crippen LogP contribution < -0.4 is 15.6 Å². The van der Waals surface area contributed by atoms with E-state index in [1.807, 2.05) is 0 Å². The van der Waals surface area contributed by atoms with E-state index in [1.165, 1.54) is 13.4 Å². The molecule has 1 aromatic heterocycles. The fourth-order valence-corrected chi connectivity index (χ4v) is 2.23. The maximum absolute atomic E-state index is 11.5. The minimum atomic E-state index is -0.281. The van der Waals surface area contributed by atoms with Gasteiger partial charge in [-0.05, 0) is 19.3 Å². The molecule has 0 amide bonds. The van der Waals surface area contributed by atoms with Gasteiger partial charge < -0.3 is 19.8 Å². The van der Waals surface area contributed by atoms with Crippen molar-refractivity contribution in [3.05, 3.63) is 16.7 Å². The molecule has 1 saturated carbocycles. The number of aromatic amines is 1. The fourth-order valence-electron chi connectivity index (χ4n) is 2.23. The van der Waals surface area contributed by atoms with Gasteiger partial charge in [-0.25, -0.2) is 4.98 Å². The van der Waals surface area contributed by atoms with Gasteiger partial charge in [0.15, 0.2) is 5.82 Å². The van der Waals surface area contributed by atoms with Crippen LogP contribution in [0, 0.1) is 0 Å². The third-order valence-electron chi connectivity index (χ3n) is 3.09. The second-order valence-corrected chi connectivity index (χ2v) is 4.07. The molecule has 0 bridgehead atoms. The Balaban J connectivity index is 2.18. The quantitative estimate of drug-likeness (QED) is 0.811. The Labute approximate surface area is 99.4 Å². The Morgan fingerprint density at radius 2 is 2.29 bits per heavy atom. The summed E-state index contributed by atoms with van der Waals surface area (Å²) in [6.45, 7) is 0. The summed E-state index contributed by atoms with van der Waals surface area (Å²) in [7, 11) is 3.16. The molecular formula is C11H17N3O3. The highest BCUT2D eigenvalue weighted by Gasteiger charge is 2.28. The summed E-state index contributed by atoms with van der Waals surface area (Å²) in [4.78, 5) is 18.1. The van der Waals surface area contributed by atoms with Crippen molar-refractivity contribution in [2.24, 2.45) is 0 Å². The maximum Gasteiger partial charge on any atom is 0.295 e. The van der Waals surface area contributed by atoms with Crippen molar-refractivity contribution >= 4 is 5.82 Å². The van der Waals surface area contributed by atoms with Crippen molar-refractivity contribution in [2.45, 2.75) is 31.4 Å². The van der Waals surface area contributed by atoms with E-state index in [1.54, 1.807) is 7.11 Å². The molecule has 2 atom stereocenters. The fraction of sp³-hybridized carbons (Fsp3) is 0.636. The molecule has 2 rings (SSSR count). The van der Waals surface area contributed by atoms with E-state index in [4.69, 9.17) is 9.47 Å². The number of nitrogens with one attached hydrogen (secondary N) is 2. The summed E-state index contributed by atoms with van der Waals surface area (Å²) in [6.07, 6.45) is 4.68. The number of nitrogens with zero attached hydrogens (tertiary/aromatic N) is 1. The third kappa shape index (κ3) is 2.41. The molecule has 1 aliphatic rings. The van der Waals surface area contributed by atoms with E-state index in [9.17, 15) is 4.79 Å². The lowest BCUT2D eigenvalue weighted by molar-refractivity contribution is 0.101. The van der Waals surface area contributed by atoms with Crippen molar-refractivity contribution < 1.29 is 9.47 Å². The Morgan fingerprint density at radius 1 is 1.47 bits per heavy atom. The molecule has 2 N–H and O–H groups in total. The standard InChI is InChI=1S/C11H17N3O3/c1-16-8-5-3-4-7(8)14-10-9(17-2)11(15)13-6-12-10/h6-8H,3-5H2,1-2H3,(H2,12,13,14,15). The van der Waals surface area contributed by atoms with Crippen LogP contribution in [0.3, 0.4) is 0 Å². The van der Waals surface area contributed by atoms with E-state index < -0.39 is 0 Å². The smallest absolute Gasteiger partial charge is 0.295 e. The van der Waals surface area contributed by atoms with Crippen LogP contribution in [0.25, 0.3) is 0 Å². The average molecular weight is 239 g/mol. The van der Waals surface area contributed by atoms with Gasteiger partial charge in [-0.1, -0.05) is 0 Å². The van der Waals surface area contributed by atoms with Gasteiger partial charge in [-0.2, -0.15) is 0 Å². The second kappa shape index (κ2) is 5.18. The summed E-state index contributed by atoms with van der Waals surface area (Å²) < 4.78 is 10.4. The molecule has 0 aliphatic heterocycles. The summed E-state index contributed by atoms with van der Waals surface area (Å²) >= 11 is 0. The first-order chi connectivity index (χ1) is 8.26. The van der Waals surface area contributed by atoms with Gasteiger partial charge in [-0.15, -0.1) is 0 Å². The molecule has 0 spiro atoms. The molecule has 0 aromatic carbocycles. The lowest BCUT2D eigenvalue weighted by Gasteiger charge is -2.20. The maximum atomic E-state index is 11.5. The highest BCUT2D eigenvalue weighted by Crippen LogP contribution is 2.26. The van der Waals surface area contributed by atoms with Gasteiger partial charge in [0.1, 0.15) is 0 Å². The molecule has 6 heteroatoms. The third-order valence-corrected chi connectivity index (χ3v) is 3.09. The number of ether oxygens (including phenoxy) is 2. The SMILES string of the molecule is COc1c(NC2CCCC2OC)nc[nH]c1=O. The van der Waals surface area contributed by atoms with E-state index >= 15 is 0 Å². The van der Waals surface area contributed by atoms with Crippen molar-refractivity contribution in [3.63, 3.8) is 0 Å². The van der Waals surface area contributed by atoms with Crippen LogP contribution in [0.5, 0.6) is 5.75 Å². The summed E-state index contributed by atoms with van der Waals surface area (Å²) in [5.74, 6) is 0.694. The van der Waals surface area contributed by atoms with Crippen molar-refractivity contribution in [1.82, 2.24) is 9.97 Å². The van der Waals surface area contributed by atoms with Gasteiger partial charge in [0.25, 0.3) is 5.56 Å². The van der Waals surface area contributed by atoms with Crippen LogP contribution in [-0.2, 0) is 4.74 Å². The average Bonchev–Trinajstić information content (AvgIpc) is 2.77. The van der Waals surface area contributed by atoms with Crippen LogP contribution in [0.1, 0.15) is 19.3 Å². The largest absolute Gasteiger partial charge is 0.489 e. The highest BCUT2D eigenvalue weighted by molar-refractivity contribution is 5.48. The number of H-pyrrole nitrogens is 1. The zero-order valence-corrected chi connectivity index (χ0v) is 10.0. The molecule has 94 valence electrons. The first kappa shape index (κ1) is 11.9. The number of rotatable bonds is 4. The molecule has 1 aliphatic carbocycles. The zero-order valence-electron chi connectivity index (χ0n) is 10.0. The number of hydrogen-bond acceptors (Lipinski definition) is 5. The van der Waals surface area contributed by atoms with Crippen LogP contribution in [0.15, 0.2) is 11.1 Å². The van der Waals surface area contributed by atoms with Crippen molar-refractivity contribution in [1.29, 1.82) is 0 Å². The van der Waals surface area contributed by atoms with E-state index in [-0.39, 0.29) is 23.5 Å². The van der Waals surface area contributed by atoms with Crippen LogP contribution in [0.4, 0.5) is 5.82 Å². The molecule has 0 radical (unpaired) electrons. The van der Waals surface area contributed by atoms with E-state index in [2.05, 4.69) is 15.3 Å². The lowest BCUT2D eigenvalue weighted by atomic mass is 10.2. The predicted octanol–water partition coefficient (Wildman–Crippen LogP) is 0.758.